The SMILES string of the molecule is Cc1noc(CNCc2nccs2)n1. The number of rotatable bonds is 4. The largest absolute Gasteiger partial charge is 0.338 e. The molecule has 0 saturated heterocycles. The Balaban J connectivity index is 1.78. The highest BCUT2D eigenvalue weighted by molar-refractivity contribution is 7.09. The standard InChI is InChI=1S/C8H10N4OS/c1-6-11-7(13-12-6)4-9-5-8-10-2-3-14-8/h2-3,9H,4-5H2,1H3. The van der Waals surface area contributed by atoms with Crippen molar-refractivity contribution in [1.82, 2.24) is 20.4 Å². The van der Waals surface area contributed by atoms with Crippen LogP contribution < -0.4 is 5.32 Å². The second-order valence-electron chi connectivity index (χ2n) is 2.76. The third-order valence-corrected chi connectivity index (χ3v) is 2.39. The number of nitrogens with zero attached hydrogens (tertiary/aromatic N) is 3. The van der Waals surface area contributed by atoms with Crippen LogP contribution in [0.4, 0.5) is 0 Å². The molecule has 0 aliphatic carbocycles. The highest BCUT2D eigenvalue weighted by Gasteiger charge is 2.01. The van der Waals surface area contributed by atoms with Crippen molar-refractivity contribution >= 4 is 11.3 Å². The molecule has 1 N–H and O–H groups in total. The molecule has 14 heavy (non-hydrogen) atoms. The fourth-order valence-electron chi connectivity index (χ4n) is 1.03. The van der Waals surface area contributed by atoms with E-state index in [0.717, 1.165) is 11.6 Å². The second kappa shape index (κ2) is 4.30. The fraction of sp³-hybridized carbons (Fsp3) is 0.375. The Morgan fingerprint density at radius 3 is 3.07 bits per heavy atom. The minimum atomic E-state index is 0.584. The Hall–Kier alpha value is -1.27. The maximum atomic E-state index is 4.94. The van der Waals surface area contributed by atoms with Crippen LogP contribution >= 0.6 is 11.3 Å². The number of hydrogen-bond acceptors (Lipinski definition) is 6. The molecule has 6 heteroatoms. The molecule has 0 amide bonds. The van der Waals surface area contributed by atoms with Gasteiger partial charge in [0.15, 0.2) is 5.82 Å². The van der Waals surface area contributed by atoms with E-state index in [1.54, 1.807) is 24.5 Å². The van der Waals surface area contributed by atoms with Gasteiger partial charge in [-0.25, -0.2) is 4.98 Å². The molecule has 0 unspecified atom stereocenters. The number of thiazole rings is 1. The molecule has 74 valence electrons. The summed E-state index contributed by atoms with van der Waals surface area (Å²) in [5, 5.41) is 9.87. The van der Waals surface area contributed by atoms with Crippen molar-refractivity contribution in [3.63, 3.8) is 0 Å². The molecule has 0 aromatic carbocycles. The molecular weight excluding hydrogens is 200 g/mol. The molecule has 0 saturated carbocycles. The fourth-order valence-corrected chi connectivity index (χ4v) is 1.61. The minimum Gasteiger partial charge on any atom is -0.338 e. The summed E-state index contributed by atoms with van der Waals surface area (Å²) in [5.41, 5.74) is 0. The maximum absolute atomic E-state index is 4.94. The normalized spacial score (nSPS) is 10.6. The molecule has 2 aromatic rings. The van der Waals surface area contributed by atoms with Crippen molar-refractivity contribution in [2.45, 2.75) is 20.0 Å². The molecule has 2 heterocycles. The van der Waals surface area contributed by atoms with Crippen LogP contribution in [0.25, 0.3) is 0 Å². The molecule has 0 fully saturated rings. The Labute approximate surface area is 85.2 Å². The topological polar surface area (TPSA) is 63.8 Å². The van der Waals surface area contributed by atoms with Crippen molar-refractivity contribution in [3.8, 4) is 0 Å². The van der Waals surface area contributed by atoms with Crippen LogP contribution in [0.1, 0.15) is 16.7 Å². The Kier molecular flexibility index (Phi) is 2.85. The molecule has 2 rings (SSSR count). The van der Waals surface area contributed by atoms with Gasteiger partial charge in [0.05, 0.1) is 6.54 Å². The summed E-state index contributed by atoms with van der Waals surface area (Å²) < 4.78 is 4.94. The Bertz CT molecular complexity index is 384. The molecule has 0 bridgehead atoms. The lowest BCUT2D eigenvalue weighted by Crippen LogP contribution is -2.12. The Morgan fingerprint density at radius 1 is 1.50 bits per heavy atom. The third-order valence-electron chi connectivity index (χ3n) is 1.61. The van der Waals surface area contributed by atoms with Gasteiger partial charge >= 0.3 is 0 Å². The molecule has 0 aliphatic rings. The van der Waals surface area contributed by atoms with Crippen LogP contribution in [0.2, 0.25) is 0 Å². The summed E-state index contributed by atoms with van der Waals surface area (Å²) >= 11 is 1.62. The summed E-state index contributed by atoms with van der Waals surface area (Å²) in [6, 6.07) is 0. The molecule has 0 atom stereocenters. The van der Waals surface area contributed by atoms with Gasteiger partial charge in [-0.2, -0.15) is 4.98 Å². The summed E-state index contributed by atoms with van der Waals surface area (Å²) in [7, 11) is 0. The first kappa shape index (κ1) is 9.29. The van der Waals surface area contributed by atoms with Gasteiger partial charge in [0.25, 0.3) is 0 Å². The van der Waals surface area contributed by atoms with Gasteiger partial charge in [-0.15, -0.1) is 11.3 Å². The number of nitrogens with one attached hydrogen (secondary N) is 1. The highest BCUT2D eigenvalue weighted by atomic mass is 32.1. The summed E-state index contributed by atoms with van der Waals surface area (Å²) in [5.74, 6) is 1.27. The summed E-state index contributed by atoms with van der Waals surface area (Å²) in [6.45, 7) is 3.12. The number of aryl methyl sites for hydroxylation is 1. The lowest BCUT2D eigenvalue weighted by atomic mass is 10.5. The second-order valence-corrected chi connectivity index (χ2v) is 3.74. The predicted octanol–water partition coefficient (Wildman–Crippen LogP) is 1.12. The van der Waals surface area contributed by atoms with Crippen LogP contribution in [-0.4, -0.2) is 15.1 Å². The van der Waals surface area contributed by atoms with Gasteiger partial charge in [0, 0.05) is 18.1 Å². The van der Waals surface area contributed by atoms with Crippen LogP contribution in [0.15, 0.2) is 16.1 Å². The lowest BCUT2D eigenvalue weighted by Gasteiger charge is -1.96. The van der Waals surface area contributed by atoms with Crippen LogP contribution in [0.3, 0.4) is 0 Å². The third kappa shape index (κ3) is 2.36. The predicted molar refractivity (Wildman–Crippen MR) is 51.7 cm³/mol. The molecule has 2 aromatic heterocycles. The minimum absolute atomic E-state index is 0.584. The molecular formula is C8H10N4OS. The van der Waals surface area contributed by atoms with E-state index in [4.69, 9.17) is 4.52 Å². The van der Waals surface area contributed by atoms with Crippen LogP contribution in [0.5, 0.6) is 0 Å². The zero-order valence-corrected chi connectivity index (χ0v) is 8.54. The smallest absolute Gasteiger partial charge is 0.240 e. The molecule has 0 radical (unpaired) electrons. The highest BCUT2D eigenvalue weighted by Crippen LogP contribution is 2.03. The monoisotopic (exact) mass is 210 g/mol. The average Bonchev–Trinajstić information content (AvgIpc) is 2.77. The van der Waals surface area contributed by atoms with E-state index in [2.05, 4.69) is 20.4 Å². The van der Waals surface area contributed by atoms with Crippen molar-refractivity contribution in [1.29, 1.82) is 0 Å². The quantitative estimate of drug-likeness (QED) is 0.819. The van der Waals surface area contributed by atoms with Gasteiger partial charge in [-0.05, 0) is 6.92 Å². The Morgan fingerprint density at radius 2 is 2.43 bits per heavy atom. The zero-order valence-electron chi connectivity index (χ0n) is 7.73. The number of aromatic nitrogens is 3. The average molecular weight is 210 g/mol. The van der Waals surface area contributed by atoms with Crippen molar-refractivity contribution in [2.75, 3.05) is 0 Å². The zero-order chi connectivity index (χ0) is 9.80. The lowest BCUT2D eigenvalue weighted by molar-refractivity contribution is 0.364. The van der Waals surface area contributed by atoms with Gasteiger partial charge in [0.1, 0.15) is 5.01 Å². The van der Waals surface area contributed by atoms with Crippen molar-refractivity contribution in [3.05, 3.63) is 28.3 Å². The van der Waals surface area contributed by atoms with E-state index in [-0.39, 0.29) is 0 Å². The first-order valence-corrected chi connectivity index (χ1v) is 5.11. The summed E-state index contributed by atoms with van der Waals surface area (Å²) in [4.78, 5) is 8.21. The summed E-state index contributed by atoms with van der Waals surface area (Å²) in [6.07, 6.45) is 1.79. The van der Waals surface area contributed by atoms with E-state index in [1.165, 1.54) is 0 Å². The number of hydrogen-bond donors (Lipinski definition) is 1. The molecule has 0 spiro atoms. The van der Waals surface area contributed by atoms with Crippen LogP contribution in [-0.2, 0) is 13.1 Å². The maximum Gasteiger partial charge on any atom is 0.240 e. The van der Waals surface area contributed by atoms with E-state index in [9.17, 15) is 0 Å². The van der Waals surface area contributed by atoms with E-state index >= 15 is 0 Å². The van der Waals surface area contributed by atoms with Crippen molar-refractivity contribution in [2.24, 2.45) is 0 Å². The van der Waals surface area contributed by atoms with Gasteiger partial charge in [-0.1, -0.05) is 5.16 Å². The molecule has 5 nitrogen and oxygen atoms in total. The van der Waals surface area contributed by atoms with E-state index in [0.29, 0.717) is 18.3 Å². The van der Waals surface area contributed by atoms with Gasteiger partial charge in [0.2, 0.25) is 5.89 Å². The van der Waals surface area contributed by atoms with Gasteiger partial charge < -0.3 is 9.84 Å². The van der Waals surface area contributed by atoms with Gasteiger partial charge in [-0.3, -0.25) is 0 Å². The van der Waals surface area contributed by atoms with Crippen LogP contribution in [0, 0.1) is 6.92 Å². The first-order valence-electron chi connectivity index (χ1n) is 4.23. The van der Waals surface area contributed by atoms with Crippen molar-refractivity contribution < 1.29 is 4.52 Å². The molecule has 0 aliphatic heterocycles. The van der Waals surface area contributed by atoms with E-state index < -0.39 is 0 Å². The first-order chi connectivity index (χ1) is 6.84. The van der Waals surface area contributed by atoms with E-state index in [1.807, 2.05) is 5.38 Å².